The van der Waals surface area contributed by atoms with E-state index in [1.807, 2.05) is 0 Å². The Bertz CT molecular complexity index is 331. The summed E-state index contributed by atoms with van der Waals surface area (Å²) in [6.07, 6.45) is 30.3. The lowest BCUT2D eigenvalue weighted by Gasteiger charge is -2.16. The molecule has 0 rings (SSSR count). The minimum Gasteiger partial charge on any atom is -0.396 e. The van der Waals surface area contributed by atoms with Gasteiger partial charge in [-0.2, -0.15) is 0 Å². The zero-order valence-corrected chi connectivity index (χ0v) is 23.5. The van der Waals surface area contributed by atoms with Crippen molar-refractivity contribution < 1.29 is 8.85 Å². The zero-order valence-electron chi connectivity index (χ0n) is 22.4. The normalized spacial score (nSPS) is 12.5. The predicted octanol–water partition coefficient (Wildman–Crippen LogP) is 8.82. The fourth-order valence-electron chi connectivity index (χ4n) is 4.31. The minimum absolute atomic E-state index is 0.702. The van der Waals surface area contributed by atoms with Crippen LogP contribution in [0, 0.1) is 0 Å². The van der Waals surface area contributed by atoms with E-state index in [9.17, 15) is 0 Å². The summed E-state index contributed by atoms with van der Waals surface area (Å²) >= 11 is 0. The summed E-state index contributed by atoms with van der Waals surface area (Å²) in [6, 6.07) is 0.954. The largest absolute Gasteiger partial charge is 0.396 e. The molecule has 0 radical (unpaired) electrons. The molecule has 0 spiro atoms. The molecule has 32 heavy (non-hydrogen) atoms. The lowest BCUT2D eigenvalue weighted by Crippen LogP contribution is -2.27. The molecule has 0 bridgehead atoms. The van der Waals surface area contributed by atoms with E-state index in [4.69, 9.17) is 14.6 Å². The third-order valence-corrected chi connectivity index (χ3v) is 8.53. The minimum atomic E-state index is -1.53. The highest BCUT2D eigenvalue weighted by atomic mass is 28.3. The highest BCUT2D eigenvalue weighted by Crippen LogP contribution is 2.13. The van der Waals surface area contributed by atoms with E-state index in [1.54, 1.807) is 0 Å². The molecule has 1 atom stereocenters. The van der Waals surface area contributed by atoms with Gasteiger partial charge in [-0.25, -0.2) is 0 Å². The summed E-state index contributed by atoms with van der Waals surface area (Å²) in [5, 5.41) is 0. The Hall–Kier alpha value is 0.0969. The number of unbranched alkanes of at least 4 members (excludes halogenated alkanes) is 20. The van der Waals surface area contributed by atoms with Crippen molar-refractivity contribution in [1.29, 1.82) is 0 Å². The lowest BCUT2D eigenvalue weighted by atomic mass is 10.1. The maximum absolute atomic E-state index is 6.10. The molecule has 0 saturated carbocycles. The molecule has 0 aliphatic rings. The van der Waals surface area contributed by atoms with Gasteiger partial charge in [-0.15, -0.1) is 0 Å². The molecule has 3 nitrogen and oxygen atoms in total. The summed E-state index contributed by atoms with van der Waals surface area (Å²) in [5.41, 5.74) is 5.78. The first kappa shape index (κ1) is 32.1. The van der Waals surface area contributed by atoms with Crippen LogP contribution in [0.4, 0.5) is 0 Å². The van der Waals surface area contributed by atoms with E-state index in [0.29, 0.717) is 6.54 Å². The van der Waals surface area contributed by atoms with Crippen LogP contribution in [0.15, 0.2) is 0 Å². The molecule has 0 aliphatic carbocycles. The van der Waals surface area contributed by atoms with Gasteiger partial charge in [0.1, 0.15) is 0 Å². The fraction of sp³-hybridized carbons (Fsp3) is 1.00. The molecule has 2 N–H and O–H groups in total. The van der Waals surface area contributed by atoms with Crippen LogP contribution >= 0.6 is 0 Å². The van der Waals surface area contributed by atoms with Gasteiger partial charge in [-0.3, -0.25) is 0 Å². The first-order chi connectivity index (χ1) is 15.8. The SMILES string of the molecule is CCCCCCCCCCCCCCO[SiH](CCN)OCCCCCCCCCCCC. The van der Waals surface area contributed by atoms with Gasteiger partial charge in [0.25, 0.3) is 0 Å². The summed E-state index contributed by atoms with van der Waals surface area (Å²) < 4.78 is 12.2. The second kappa shape index (κ2) is 29.1. The lowest BCUT2D eigenvalue weighted by molar-refractivity contribution is 0.189. The summed E-state index contributed by atoms with van der Waals surface area (Å²) in [7, 11) is -1.53. The van der Waals surface area contributed by atoms with E-state index in [1.165, 1.54) is 141 Å². The Morgan fingerprint density at radius 1 is 0.438 bits per heavy atom. The third kappa shape index (κ3) is 26.4. The first-order valence-corrected chi connectivity index (χ1v) is 16.5. The van der Waals surface area contributed by atoms with Crippen molar-refractivity contribution >= 4 is 9.28 Å². The monoisotopic (exact) mass is 471 g/mol. The van der Waals surface area contributed by atoms with Crippen LogP contribution in [0.2, 0.25) is 6.04 Å². The van der Waals surface area contributed by atoms with E-state index >= 15 is 0 Å². The maximum atomic E-state index is 6.10. The van der Waals surface area contributed by atoms with Crippen LogP contribution in [0.3, 0.4) is 0 Å². The van der Waals surface area contributed by atoms with Crippen molar-refractivity contribution in [2.45, 2.75) is 161 Å². The molecule has 0 aromatic rings. The van der Waals surface area contributed by atoms with Gasteiger partial charge in [0.2, 0.25) is 0 Å². The van der Waals surface area contributed by atoms with Crippen LogP contribution in [0.1, 0.15) is 155 Å². The maximum Gasteiger partial charge on any atom is 0.322 e. The van der Waals surface area contributed by atoms with Crippen molar-refractivity contribution in [3.63, 3.8) is 0 Å². The van der Waals surface area contributed by atoms with Gasteiger partial charge in [-0.1, -0.05) is 142 Å². The summed E-state index contributed by atoms with van der Waals surface area (Å²) in [5.74, 6) is 0. The average molecular weight is 472 g/mol. The van der Waals surface area contributed by atoms with Gasteiger partial charge in [0.15, 0.2) is 0 Å². The van der Waals surface area contributed by atoms with E-state index in [0.717, 1.165) is 19.3 Å². The highest BCUT2D eigenvalue weighted by molar-refractivity contribution is 6.44. The number of nitrogens with two attached hydrogens (primary N) is 1. The molecule has 0 aromatic carbocycles. The molecule has 0 fully saturated rings. The number of hydrogen-bond acceptors (Lipinski definition) is 3. The average Bonchev–Trinajstić information content (AvgIpc) is 2.80. The van der Waals surface area contributed by atoms with Gasteiger partial charge in [0, 0.05) is 19.3 Å². The first-order valence-electron chi connectivity index (χ1n) is 14.8. The van der Waals surface area contributed by atoms with Crippen LogP contribution < -0.4 is 5.73 Å². The molecular formula is C28H61NO2Si. The van der Waals surface area contributed by atoms with Crippen molar-refractivity contribution in [1.82, 2.24) is 0 Å². The zero-order chi connectivity index (χ0) is 23.4. The predicted molar refractivity (Wildman–Crippen MR) is 146 cm³/mol. The second-order valence-corrected chi connectivity index (χ2v) is 11.9. The van der Waals surface area contributed by atoms with Crippen LogP contribution in [0.5, 0.6) is 0 Å². The van der Waals surface area contributed by atoms with Crippen molar-refractivity contribution in [2.75, 3.05) is 19.8 Å². The molecule has 0 aliphatic heterocycles. The number of hydrogen-bond donors (Lipinski definition) is 1. The van der Waals surface area contributed by atoms with Crippen LogP contribution in [-0.4, -0.2) is 29.0 Å². The standard InChI is InChI=1S/C28H61NO2Si/c1-3-5-7-9-11-13-15-16-18-20-22-24-27-31-32(28-25-29)30-26-23-21-19-17-14-12-10-8-6-4-2/h32H,3-29H2,1-2H3. The molecule has 0 heterocycles. The smallest absolute Gasteiger partial charge is 0.322 e. The van der Waals surface area contributed by atoms with Crippen molar-refractivity contribution in [2.24, 2.45) is 5.73 Å². The molecule has 194 valence electrons. The van der Waals surface area contributed by atoms with Crippen molar-refractivity contribution in [3.05, 3.63) is 0 Å². The quantitative estimate of drug-likeness (QED) is 0.0915. The molecule has 0 amide bonds. The second-order valence-electron chi connectivity index (χ2n) is 9.82. The van der Waals surface area contributed by atoms with Gasteiger partial charge < -0.3 is 14.6 Å². The van der Waals surface area contributed by atoms with Gasteiger partial charge >= 0.3 is 9.28 Å². The molecule has 4 heteroatoms. The van der Waals surface area contributed by atoms with E-state index in [-0.39, 0.29) is 0 Å². The van der Waals surface area contributed by atoms with Crippen molar-refractivity contribution in [3.8, 4) is 0 Å². The third-order valence-electron chi connectivity index (χ3n) is 6.51. The summed E-state index contributed by atoms with van der Waals surface area (Å²) in [4.78, 5) is 0. The Labute approximate surface area is 204 Å². The number of rotatable bonds is 28. The Morgan fingerprint density at radius 3 is 1.00 bits per heavy atom. The molecule has 0 aromatic heterocycles. The van der Waals surface area contributed by atoms with E-state index < -0.39 is 9.28 Å². The van der Waals surface area contributed by atoms with Crippen LogP contribution in [-0.2, 0) is 8.85 Å². The highest BCUT2D eigenvalue weighted by Gasteiger charge is 2.11. The molecular weight excluding hydrogens is 410 g/mol. The fourth-order valence-corrected chi connectivity index (χ4v) is 5.87. The van der Waals surface area contributed by atoms with Gasteiger partial charge in [-0.05, 0) is 19.4 Å². The summed E-state index contributed by atoms with van der Waals surface area (Å²) in [6.45, 7) is 7.04. The van der Waals surface area contributed by atoms with Gasteiger partial charge in [0.05, 0.1) is 0 Å². The Morgan fingerprint density at radius 2 is 0.719 bits per heavy atom. The molecule has 0 saturated heterocycles. The van der Waals surface area contributed by atoms with Crippen LogP contribution in [0.25, 0.3) is 0 Å². The topological polar surface area (TPSA) is 44.5 Å². The Balaban J connectivity index is 3.38. The van der Waals surface area contributed by atoms with E-state index in [2.05, 4.69) is 13.8 Å². The Kier molecular flexibility index (Phi) is 29.2. The molecule has 1 unspecified atom stereocenters.